The van der Waals surface area contributed by atoms with Crippen LogP contribution in [0, 0.1) is 13.8 Å². The van der Waals surface area contributed by atoms with Crippen molar-refractivity contribution in [1.82, 2.24) is 25.8 Å². The first-order valence-corrected chi connectivity index (χ1v) is 19.5. The van der Waals surface area contributed by atoms with Crippen molar-refractivity contribution in [2.45, 2.75) is 129 Å². The number of Topliss-reactive ketones (excluding diaryl/α,β-unsaturated/α-hetero) is 2. The van der Waals surface area contributed by atoms with E-state index in [4.69, 9.17) is 5.73 Å². The van der Waals surface area contributed by atoms with Gasteiger partial charge in [0.15, 0.2) is 0 Å². The average molecular weight is 777 g/mol. The second-order valence-electron chi connectivity index (χ2n) is 15.2. The van der Waals surface area contributed by atoms with Crippen LogP contribution in [0.4, 0.5) is 0 Å². The van der Waals surface area contributed by atoms with E-state index in [9.17, 15) is 38.7 Å². The Balaban J connectivity index is 1.61. The second kappa shape index (κ2) is 21.8. The highest BCUT2D eigenvalue weighted by molar-refractivity contribution is 5.98. The number of aromatic hydroxyl groups is 1. The van der Waals surface area contributed by atoms with Crippen molar-refractivity contribution in [3.05, 3.63) is 64.2 Å². The number of nitrogens with one attached hydrogen (secondary N) is 3. The number of ketones is 2. The van der Waals surface area contributed by atoms with Gasteiger partial charge in [-0.1, -0.05) is 37.1 Å². The molecule has 4 atom stereocenters. The second-order valence-corrected chi connectivity index (χ2v) is 15.2. The van der Waals surface area contributed by atoms with Crippen LogP contribution in [0.3, 0.4) is 0 Å². The minimum Gasteiger partial charge on any atom is -0.508 e. The summed E-state index contributed by atoms with van der Waals surface area (Å²) in [6, 6.07) is 7.74. The summed E-state index contributed by atoms with van der Waals surface area (Å²) < 4.78 is 0. The molecule has 0 radical (unpaired) electrons. The summed E-state index contributed by atoms with van der Waals surface area (Å²) in [5, 5.41) is 18.4. The number of carbonyl (C=O) groups excluding carboxylic acids is 7. The predicted molar refractivity (Wildman–Crippen MR) is 212 cm³/mol. The molecule has 3 rings (SSSR count). The molecule has 56 heavy (non-hydrogen) atoms. The zero-order valence-electron chi connectivity index (χ0n) is 33.7. The molecule has 0 saturated heterocycles. The van der Waals surface area contributed by atoms with Crippen molar-refractivity contribution in [3.8, 4) is 5.75 Å². The molecule has 1 aliphatic rings. The molecular formula is C42H60N6O8. The van der Waals surface area contributed by atoms with Gasteiger partial charge in [0.1, 0.15) is 35.4 Å². The number of nitrogens with zero attached hydrogens (tertiary/aromatic N) is 2. The molecule has 0 spiro atoms. The maximum Gasteiger partial charge on any atom is 0.243 e. The van der Waals surface area contributed by atoms with E-state index < -0.39 is 36.0 Å². The van der Waals surface area contributed by atoms with Crippen molar-refractivity contribution < 1.29 is 38.7 Å². The number of phenols is 1. The fourth-order valence-corrected chi connectivity index (χ4v) is 7.25. The maximum absolute atomic E-state index is 14.4. The first-order valence-electron chi connectivity index (χ1n) is 19.5. The van der Waals surface area contributed by atoms with Gasteiger partial charge in [0, 0.05) is 32.9 Å². The largest absolute Gasteiger partial charge is 0.508 e. The van der Waals surface area contributed by atoms with Crippen LogP contribution in [0.1, 0.15) is 99.5 Å². The summed E-state index contributed by atoms with van der Waals surface area (Å²) in [4.78, 5) is 92.0. The van der Waals surface area contributed by atoms with E-state index in [0.717, 1.165) is 27.8 Å². The summed E-state index contributed by atoms with van der Waals surface area (Å²) in [7, 11) is 3.64. The number of fused-ring (bicyclic) bond motifs is 1. The van der Waals surface area contributed by atoms with Crippen LogP contribution in [-0.4, -0.2) is 101 Å². The van der Waals surface area contributed by atoms with E-state index in [2.05, 4.69) is 16.0 Å². The predicted octanol–water partition coefficient (Wildman–Crippen LogP) is 2.70. The Morgan fingerprint density at radius 1 is 0.875 bits per heavy atom. The number of carbonyl (C=O) groups is 7. The van der Waals surface area contributed by atoms with Gasteiger partial charge in [-0.15, -0.1) is 0 Å². The average Bonchev–Trinajstić information content (AvgIpc) is 3.11. The van der Waals surface area contributed by atoms with Crippen LogP contribution in [-0.2, 0) is 52.9 Å². The molecule has 14 heteroatoms. The van der Waals surface area contributed by atoms with Crippen LogP contribution < -0.4 is 21.7 Å². The van der Waals surface area contributed by atoms with Crippen LogP contribution in [0.25, 0.3) is 0 Å². The SMILES string of the molecule is CC(=O)CC(=O)CCCCC[C@H](NC(C)=O)C(=O)NCCCC[C@H](NC(=O)[C@@H]1Cc2ccccc2CN1C(=O)[C@H](Cc1c(C)cc(O)cc1C)N(C)C)C(N)=O. The number of amides is 5. The summed E-state index contributed by atoms with van der Waals surface area (Å²) in [6.07, 6.45) is 4.24. The van der Waals surface area contributed by atoms with Gasteiger partial charge in [0.2, 0.25) is 29.5 Å². The molecule has 14 nitrogen and oxygen atoms in total. The van der Waals surface area contributed by atoms with Crippen molar-refractivity contribution >= 4 is 41.1 Å². The zero-order valence-corrected chi connectivity index (χ0v) is 33.7. The maximum atomic E-state index is 14.4. The monoisotopic (exact) mass is 776 g/mol. The fraction of sp³-hybridized carbons (Fsp3) is 0.548. The van der Waals surface area contributed by atoms with Crippen LogP contribution in [0.2, 0.25) is 0 Å². The quantitative estimate of drug-likeness (QED) is 0.0879. The highest BCUT2D eigenvalue weighted by Crippen LogP contribution is 2.28. The lowest BCUT2D eigenvalue weighted by atomic mass is 9.90. The van der Waals surface area contributed by atoms with E-state index in [-0.39, 0.29) is 67.4 Å². The summed E-state index contributed by atoms with van der Waals surface area (Å²) in [5.41, 5.74) is 10.3. The summed E-state index contributed by atoms with van der Waals surface area (Å²) in [5.74, 6) is -2.24. The third-order valence-corrected chi connectivity index (χ3v) is 10.3. The van der Waals surface area contributed by atoms with E-state index in [1.807, 2.05) is 57.1 Å². The molecule has 0 fully saturated rings. The summed E-state index contributed by atoms with van der Waals surface area (Å²) >= 11 is 0. The van der Waals surface area contributed by atoms with Gasteiger partial charge in [0.25, 0.3) is 0 Å². The van der Waals surface area contributed by atoms with E-state index >= 15 is 0 Å². The van der Waals surface area contributed by atoms with E-state index in [1.54, 1.807) is 17.0 Å². The Hall–Kier alpha value is -5.11. The van der Waals surface area contributed by atoms with Crippen LogP contribution >= 0.6 is 0 Å². The van der Waals surface area contributed by atoms with Crippen LogP contribution in [0.5, 0.6) is 5.75 Å². The number of hydrogen-bond donors (Lipinski definition) is 5. The molecule has 2 aromatic carbocycles. The number of aryl methyl sites for hydroxylation is 2. The van der Waals surface area contributed by atoms with Gasteiger partial charge in [-0.2, -0.15) is 0 Å². The van der Waals surface area contributed by atoms with Gasteiger partial charge in [-0.05, 0) is 113 Å². The van der Waals surface area contributed by atoms with Gasteiger partial charge in [-0.25, -0.2) is 0 Å². The number of rotatable bonds is 22. The molecule has 5 amide bonds. The number of nitrogens with two attached hydrogens (primary N) is 1. The normalized spacial score (nSPS) is 15.3. The number of likely N-dealkylation sites (N-methyl/N-ethyl adjacent to an activating group) is 1. The number of primary amides is 1. The molecule has 306 valence electrons. The molecule has 6 N–H and O–H groups in total. The Kier molecular flexibility index (Phi) is 17.7. The lowest BCUT2D eigenvalue weighted by molar-refractivity contribution is -0.146. The molecule has 0 aromatic heterocycles. The number of hydrogen-bond acceptors (Lipinski definition) is 9. The molecule has 0 saturated carbocycles. The van der Waals surface area contributed by atoms with Crippen molar-refractivity contribution in [3.63, 3.8) is 0 Å². The number of benzene rings is 2. The lowest BCUT2D eigenvalue weighted by Gasteiger charge is -2.39. The highest BCUT2D eigenvalue weighted by Gasteiger charge is 2.39. The van der Waals surface area contributed by atoms with Gasteiger partial charge < -0.3 is 31.7 Å². The van der Waals surface area contributed by atoms with Crippen molar-refractivity contribution in [2.24, 2.45) is 5.73 Å². The standard InChI is InChI=1S/C42H60N6O8/c1-26-20-33(52)21-27(2)34(26)24-38(47(5)6)42(56)48-25-31-15-11-10-14-30(31)23-37(48)41(55)46-35(39(43)53)17-12-13-19-44-40(54)36(45-29(4)50)18-9-7-8-16-32(51)22-28(3)49/h10-11,14-15,20-21,35-38,52H,7-9,12-13,16-19,22-25H2,1-6H3,(H2,43,53)(H,44,54)(H,45,50)(H,46,55)/t35-,36-,37-,38-/m0/s1. The Labute approximate surface area is 330 Å². The molecule has 1 aliphatic heterocycles. The lowest BCUT2D eigenvalue weighted by Crippen LogP contribution is -2.59. The molecule has 2 aromatic rings. The first-order chi connectivity index (χ1) is 26.5. The number of unbranched alkanes of at least 4 members (excludes halogenated alkanes) is 3. The third-order valence-electron chi connectivity index (χ3n) is 10.3. The van der Waals surface area contributed by atoms with Crippen molar-refractivity contribution in [2.75, 3.05) is 20.6 Å². The minimum absolute atomic E-state index is 0.0700. The van der Waals surface area contributed by atoms with Crippen LogP contribution in [0.15, 0.2) is 36.4 Å². The molecule has 0 bridgehead atoms. The Bertz CT molecular complexity index is 1720. The fourth-order valence-electron chi connectivity index (χ4n) is 7.25. The van der Waals surface area contributed by atoms with E-state index in [0.29, 0.717) is 51.4 Å². The molecule has 1 heterocycles. The third kappa shape index (κ3) is 13.9. The van der Waals surface area contributed by atoms with E-state index in [1.165, 1.54) is 13.8 Å². The zero-order chi connectivity index (χ0) is 41.5. The first kappa shape index (κ1) is 45.3. The Morgan fingerprint density at radius 2 is 1.50 bits per heavy atom. The molecule has 0 aliphatic carbocycles. The van der Waals surface area contributed by atoms with Gasteiger partial charge in [0.05, 0.1) is 12.5 Å². The smallest absolute Gasteiger partial charge is 0.243 e. The van der Waals surface area contributed by atoms with Crippen molar-refractivity contribution in [1.29, 1.82) is 0 Å². The van der Waals surface area contributed by atoms with Gasteiger partial charge >= 0.3 is 0 Å². The molecule has 0 unspecified atom stereocenters. The summed E-state index contributed by atoms with van der Waals surface area (Å²) in [6.45, 7) is 6.98. The highest BCUT2D eigenvalue weighted by atomic mass is 16.3. The minimum atomic E-state index is -1.01. The topological polar surface area (TPSA) is 208 Å². The molecular weight excluding hydrogens is 716 g/mol. The number of phenolic OH excluding ortho intramolecular Hbond substituents is 1. The Morgan fingerprint density at radius 3 is 2.11 bits per heavy atom. The van der Waals surface area contributed by atoms with Gasteiger partial charge in [-0.3, -0.25) is 38.5 Å².